The molecule has 5 heteroatoms. The fraction of sp³-hybridized carbons (Fsp3) is 0.333. The highest BCUT2D eigenvalue weighted by Gasteiger charge is 2.05. The van der Waals surface area contributed by atoms with Crippen LogP contribution in [0.3, 0.4) is 0 Å². The molecule has 3 nitrogen and oxygen atoms in total. The van der Waals surface area contributed by atoms with Crippen molar-refractivity contribution in [3.63, 3.8) is 0 Å². The van der Waals surface area contributed by atoms with Gasteiger partial charge in [-0.2, -0.15) is 0 Å². The Morgan fingerprint density at radius 3 is 3.27 bits per heavy atom. The Morgan fingerprint density at radius 1 is 1.73 bits per heavy atom. The number of imidazole rings is 1. The third kappa shape index (κ3) is 1.08. The van der Waals surface area contributed by atoms with Crippen molar-refractivity contribution >= 4 is 32.2 Å². The van der Waals surface area contributed by atoms with E-state index >= 15 is 0 Å². The van der Waals surface area contributed by atoms with E-state index in [4.69, 9.17) is 0 Å². The molecule has 0 amide bonds. The van der Waals surface area contributed by atoms with Gasteiger partial charge in [0.05, 0.1) is 11.9 Å². The molecule has 0 unspecified atom stereocenters. The quantitative estimate of drug-likeness (QED) is 0.753. The average molecular weight is 232 g/mol. The second-order valence-electron chi connectivity index (χ2n) is 2.15. The molecule has 0 aromatic carbocycles. The fourth-order valence-corrected chi connectivity index (χ4v) is 2.17. The lowest BCUT2D eigenvalue weighted by atomic mass is 10.4. The highest BCUT2D eigenvalue weighted by molar-refractivity contribution is 9.11. The topological polar surface area (TPSA) is 30.2 Å². The first kappa shape index (κ1) is 7.24. The molecule has 0 saturated carbocycles. The summed E-state index contributed by atoms with van der Waals surface area (Å²) < 4.78 is 2.75. The Balaban J connectivity index is 2.73. The van der Waals surface area contributed by atoms with Crippen molar-refractivity contribution in [2.75, 3.05) is 0 Å². The molecule has 0 aliphatic rings. The minimum Gasteiger partial charge on any atom is -0.226 e. The molecular weight excluding hydrogens is 226 g/mol. The summed E-state index contributed by atoms with van der Waals surface area (Å²) in [4.78, 5) is 5.15. The van der Waals surface area contributed by atoms with E-state index in [1.165, 1.54) is 0 Å². The van der Waals surface area contributed by atoms with Gasteiger partial charge in [0.15, 0.2) is 3.92 Å². The largest absolute Gasteiger partial charge is 0.226 e. The third-order valence-corrected chi connectivity index (χ3v) is 2.85. The molecule has 0 fully saturated rings. The summed E-state index contributed by atoms with van der Waals surface area (Å²) in [5, 5.41) is 4.23. The maximum absolute atomic E-state index is 4.23. The van der Waals surface area contributed by atoms with Gasteiger partial charge in [0.1, 0.15) is 0 Å². The van der Waals surface area contributed by atoms with Crippen molar-refractivity contribution in [2.45, 2.75) is 13.3 Å². The Hall–Kier alpha value is -0.420. The maximum Gasteiger partial charge on any atom is 0.213 e. The number of rotatable bonds is 1. The predicted octanol–water partition coefficient (Wildman–Crippen LogP) is 2.12. The summed E-state index contributed by atoms with van der Waals surface area (Å²) in [6.07, 6.45) is 2.84. The Labute approximate surface area is 76.2 Å². The standard InChI is InChI=1S/C6H6BrN3S/c1-2-4-3-8-6-10(4)9-5(7)11-6/h3H,2H2,1H3. The first-order chi connectivity index (χ1) is 5.31. The van der Waals surface area contributed by atoms with E-state index in [1.54, 1.807) is 11.3 Å². The summed E-state index contributed by atoms with van der Waals surface area (Å²) in [7, 11) is 0. The lowest BCUT2D eigenvalue weighted by Crippen LogP contribution is -1.89. The highest BCUT2D eigenvalue weighted by Crippen LogP contribution is 2.19. The van der Waals surface area contributed by atoms with E-state index in [-0.39, 0.29) is 0 Å². The molecule has 2 aromatic heterocycles. The van der Waals surface area contributed by atoms with Crippen LogP contribution in [0.15, 0.2) is 10.1 Å². The van der Waals surface area contributed by atoms with Gasteiger partial charge >= 0.3 is 0 Å². The lowest BCUT2D eigenvalue weighted by Gasteiger charge is -1.87. The van der Waals surface area contributed by atoms with E-state index in [0.717, 1.165) is 21.0 Å². The van der Waals surface area contributed by atoms with Gasteiger partial charge in [-0.05, 0) is 22.4 Å². The van der Waals surface area contributed by atoms with Gasteiger partial charge in [-0.15, -0.1) is 5.10 Å². The normalized spacial score (nSPS) is 11.1. The summed E-state index contributed by atoms with van der Waals surface area (Å²) in [5.74, 6) is 0. The van der Waals surface area contributed by atoms with Crippen molar-refractivity contribution in [1.29, 1.82) is 0 Å². The van der Waals surface area contributed by atoms with Crippen LogP contribution in [-0.4, -0.2) is 14.6 Å². The second-order valence-corrected chi connectivity index (χ2v) is 4.38. The third-order valence-electron chi connectivity index (χ3n) is 1.49. The minimum atomic E-state index is 0.885. The molecule has 2 heterocycles. The van der Waals surface area contributed by atoms with E-state index < -0.39 is 0 Å². The summed E-state index contributed by atoms with van der Waals surface area (Å²) in [5.41, 5.74) is 1.15. The zero-order valence-electron chi connectivity index (χ0n) is 5.91. The SMILES string of the molecule is CCc1cnc2sc(Br)nn12. The Bertz CT molecular complexity index is 378. The number of aryl methyl sites for hydroxylation is 1. The van der Waals surface area contributed by atoms with E-state index in [9.17, 15) is 0 Å². The molecule has 0 bridgehead atoms. The zero-order valence-corrected chi connectivity index (χ0v) is 8.31. The monoisotopic (exact) mass is 231 g/mol. The molecule has 0 radical (unpaired) electrons. The number of halogens is 1. The number of hydrogen-bond acceptors (Lipinski definition) is 3. The molecule has 0 saturated heterocycles. The molecular formula is C6H6BrN3S. The van der Waals surface area contributed by atoms with Crippen LogP contribution < -0.4 is 0 Å². The molecule has 0 aliphatic carbocycles. The van der Waals surface area contributed by atoms with Gasteiger partial charge in [-0.1, -0.05) is 18.3 Å². The van der Waals surface area contributed by atoms with Crippen LogP contribution in [0.25, 0.3) is 4.96 Å². The van der Waals surface area contributed by atoms with Gasteiger partial charge in [-0.3, -0.25) is 0 Å². The molecule has 58 valence electrons. The summed E-state index contributed by atoms with van der Waals surface area (Å²) >= 11 is 4.86. The van der Waals surface area contributed by atoms with Crippen molar-refractivity contribution < 1.29 is 0 Å². The van der Waals surface area contributed by atoms with Gasteiger partial charge in [-0.25, -0.2) is 9.50 Å². The van der Waals surface area contributed by atoms with E-state index in [1.807, 2.05) is 10.7 Å². The first-order valence-corrected chi connectivity index (χ1v) is 4.91. The second kappa shape index (κ2) is 2.57. The van der Waals surface area contributed by atoms with Crippen LogP contribution in [0.1, 0.15) is 12.6 Å². The van der Waals surface area contributed by atoms with Crippen LogP contribution in [0.2, 0.25) is 0 Å². The molecule has 0 atom stereocenters. The van der Waals surface area contributed by atoms with Crippen LogP contribution in [0.5, 0.6) is 0 Å². The maximum atomic E-state index is 4.23. The molecule has 0 N–H and O–H groups in total. The number of fused-ring (bicyclic) bond motifs is 1. The number of hydrogen-bond donors (Lipinski definition) is 0. The average Bonchev–Trinajstić information content (AvgIpc) is 2.45. The van der Waals surface area contributed by atoms with Gasteiger partial charge in [0, 0.05) is 0 Å². The first-order valence-electron chi connectivity index (χ1n) is 3.30. The minimum absolute atomic E-state index is 0.885. The smallest absolute Gasteiger partial charge is 0.213 e. The Morgan fingerprint density at radius 2 is 2.55 bits per heavy atom. The lowest BCUT2D eigenvalue weighted by molar-refractivity contribution is 0.873. The Kier molecular flexibility index (Phi) is 1.69. The van der Waals surface area contributed by atoms with Crippen LogP contribution in [0, 0.1) is 0 Å². The van der Waals surface area contributed by atoms with Crippen molar-refractivity contribution in [3.8, 4) is 0 Å². The molecule has 0 spiro atoms. The highest BCUT2D eigenvalue weighted by atomic mass is 79.9. The van der Waals surface area contributed by atoms with Crippen molar-refractivity contribution in [1.82, 2.24) is 14.6 Å². The molecule has 2 aromatic rings. The van der Waals surface area contributed by atoms with Crippen LogP contribution in [0.4, 0.5) is 0 Å². The number of nitrogens with zero attached hydrogens (tertiary/aromatic N) is 3. The molecule has 11 heavy (non-hydrogen) atoms. The van der Waals surface area contributed by atoms with Crippen LogP contribution in [-0.2, 0) is 6.42 Å². The molecule has 0 aliphatic heterocycles. The van der Waals surface area contributed by atoms with E-state index in [2.05, 4.69) is 32.9 Å². The van der Waals surface area contributed by atoms with Gasteiger partial charge in [0.2, 0.25) is 4.96 Å². The van der Waals surface area contributed by atoms with Gasteiger partial charge < -0.3 is 0 Å². The summed E-state index contributed by atoms with van der Waals surface area (Å²) in [6.45, 7) is 2.09. The summed E-state index contributed by atoms with van der Waals surface area (Å²) in [6, 6.07) is 0. The van der Waals surface area contributed by atoms with Crippen LogP contribution >= 0.6 is 27.3 Å². The zero-order chi connectivity index (χ0) is 7.84. The van der Waals surface area contributed by atoms with Gasteiger partial charge in [0.25, 0.3) is 0 Å². The van der Waals surface area contributed by atoms with Crippen molar-refractivity contribution in [3.05, 3.63) is 15.8 Å². The predicted molar refractivity (Wildman–Crippen MR) is 47.9 cm³/mol. The fourth-order valence-electron chi connectivity index (χ4n) is 0.954. The van der Waals surface area contributed by atoms with E-state index in [0.29, 0.717) is 0 Å². The number of aromatic nitrogens is 3. The molecule has 2 rings (SSSR count). The van der Waals surface area contributed by atoms with Crippen molar-refractivity contribution in [2.24, 2.45) is 0 Å².